The van der Waals surface area contributed by atoms with Gasteiger partial charge in [0.2, 0.25) is 0 Å². The number of fused-ring (bicyclic) bond motifs is 1. The zero-order chi connectivity index (χ0) is 9.97. The molecule has 0 saturated heterocycles. The van der Waals surface area contributed by atoms with Crippen molar-refractivity contribution in [3.05, 3.63) is 36.0 Å². The standard InChI is InChI=1S/C12H8N2/c1-2-7-14-9-10(8-13)11-5-3-4-6-12(11)14/h1,3-6,9H,7H2. The first-order chi connectivity index (χ1) is 6.86. The van der Waals surface area contributed by atoms with E-state index in [0.717, 1.165) is 10.9 Å². The molecule has 0 aliphatic carbocycles. The van der Waals surface area contributed by atoms with Gasteiger partial charge in [0.15, 0.2) is 0 Å². The Hall–Kier alpha value is -2.19. The fraction of sp³-hybridized carbons (Fsp3) is 0.0833. The molecule has 1 aromatic carbocycles. The average Bonchev–Trinajstić information content (AvgIpc) is 2.58. The van der Waals surface area contributed by atoms with E-state index in [9.17, 15) is 0 Å². The monoisotopic (exact) mass is 180 g/mol. The molecule has 66 valence electrons. The lowest BCUT2D eigenvalue weighted by Gasteiger charge is -1.97. The highest BCUT2D eigenvalue weighted by Crippen LogP contribution is 2.19. The Labute approximate surface area is 82.4 Å². The van der Waals surface area contributed by atoms with Gasteiger partial charge in [-0.2, -0.15) is 5.26 Å². The molecule has 0 amide bonds. The van der Waals surface area contributed by atoms with Gasteiger partial charge in [-0.15, -0.1) is 6.42 Å². The lowest BCUT2D eigenvalue weighted by Crippen LogP contribution is -1.91. The maximum absolute atomic E-state index is 8.90. The van der Waals surface area contributed by atoms with Gasteiger partial charge in [-0.3, -0.25) is 0 Å². The van der Waals surface area contributed by atoms with E-state index in [1.54, 1.807) is 6.20 Å². The Morgan fingerprint density at radius 2 is 2.14 bits per heavy atom. The Morgan fingerprint density at radius 1 is 1.36 bits per heavy atom. The minimum absolute atomic E-state index is 0.502. The van der Waals surface area contributed by atoms with Gasteiger partial charge in [0.1, 0.15) is 6.07 Å². The molecule has 2 nitrogen and oxygen atoms in total. The van der Waals surface area contributed by atoms with Crippen molar-refractivity contribution in [1.82, 2.24) is 4.57 Å². The van der Waals surface area contributed by atoms with E-state index in [-0.39, 0.29) is 0 Å². The average molecular weight is 180 g/mol. The summed E-state index contributed by atoms with van der Waals surface area (Å²) in [6.45, 7) is 0.502. The minimum atomic E-state index is 0.502. The second kappa shape index (κ2) is 3.28. The fourth-order valence-electron chi connectivity index (χ4n) is 1.57. The van der Waals surface area contributed by atoms with Crippen LogP contribution in [0.4, 0.5) is 0 Å². The molecule has 2 rings (SSSR count). The quantitative estimate of drug-likeness (QED) is 0.618. The normalized spacial score (nSPS) is 9.57. The van der Waals surface area contributed by atoms with Gasteiger partial charge in [-0.05, 0) is 6.07 Å². The van der Waals surface area contributed by atoms with Gasteiger partial charge in [-0.25, -0.2) is 0 Å². The summed E-state index contributed by atoms with van der Waals surface area (Å²) in [7, 11) is 0. The third kappa shape index (κ3) is 1.14. The summed E-state index contributed by atoms with van der Waals surface area (Å²) in [5, 5.41) is 9.87. The summed E-state index contributed by atoms with van der Waals surface area (Å²) < 4.78 is 1.91. The van der Waals surface area contributed by atoms with Crippen molar-refractivity contribution in [2.75, 3.05) is 0 Å². The number of para-hydroxylation sites is 1. The second-order valence-corrected chi connectivity index (χ2v) is 3.00. The van der Waals surface area contributed by atoms with Gasteiger partial charge >= 0.3 is 0 Å². The number of benzene rings is 1. The van der Waals surface area contributed by atoms with Crippen LogP contribution in [0.5, 0.6) is 0 Å². The molecule has 2 aromatic rings. The highest BCUT2D eigenvalue weighted by atomic mass is 14.9. The molecule has 0 radical (unpaired) electrons. The maximum atomic E-state index is 8.90. The van der Waals surface area contributed by atoms with Crippen LogP contribution in [0.25, 0.3) is 10.9 Å². The Morgan fingerprint density at radius 3 is 2.86 bits per heavy atom. The van der Waals surface area contributed by atoms with E-state index in [0.29, 0.717) is 12.1 Å². The van der Waals surface area contributed by atoms with E-state index < -0.39 is 0 Å². The second-order valence-electron chi connectivity index (χ2n) is 3.00. The van der Waals surface area contributed by atoms with Gasteiger partial charge in [0, 0.05) is 11.6 Å². The van der Waals surface area contributed by atoms with Crippen molar-refractivity contribution >= 4 is 10.9 Å². The summed E-state index contributed by atoms with van der Waals surface area (Å²) in [4.78, 5) is 0. The molecule has 0 saturated carbocycles. The maximum Gasteiger partial charge on any atom is 0.101 e. The van der Waals surface area contributed by atoms with Crippen LogP contribution < -0.4 is 0 Å². The first-order valence-electron chi connectivity index (χ1n) is 4.28. The molecule has 0 spiro atoms. The van der Waals surface area contributed by atoms with Crippen LogP contribution >= 0.6 is 0 Å². The van der Waals surface area contributed by atoms with Crippen LogP contribution in [0, 0.1) is 23.7 Å². The Balaban J connectivity index is 2.76. The lowest BCUT2D eigenvalue weighted by molar-refractivity contribution is 0.885. The van der Waals surface area contributed by atoms with Crippen molar-refractivity contribution in [1.29, 1.82) is 5.26 Å². The van der Waals surface area contributed by atoms with Crippen LogP contribution in [0.2, 0.25) is 0 Å². The van der Waals surface area contributed by atoms with Crippen molar-refractivity contribution in [2.45, 2.75) is 6.54 Å². The smallest absolute Gasteiger partial charge is 0.101 e. The van der Waals surface area contributed by atoms with Crippen LogP contribution in [0.1, 0.15) is 5.56 Å². The van der Waals surface area contributed by atoms with E-state index in [1.807, 2.05) is 28.8 Å². The number of nitriles is 1. The Bertz CT molecular complexity index is 550. The predicted octanol–water partition coefficient (Wildman–Crippen LogP) is 2.15. The van der Waals surface area contributed by atoms with Crippen LogP contribution in [-0.2, 0) is 6.54 Å². The molecule has 2 heteroatoms. The highest BCUT2D eigenvalue weighted by Gasteiger charge is 2.05. The van der Waals surface area contributed by atoms with Gasteiger partial charge in [0.25, 0.3) is 0 Å². The van der Waals surface area contributed by atoms with Crippen molar-refractivity contribution in [2.24, 2.45) is 0 Å². The van der Waals surface area contributed by atoms with E-state index in [4.69, 9.17) is 11.7 Å². The molecule has 0 fully saturated rings. The van der Waals surface area contributed by atoms with E-state index in [2.05, 4.69) is 12.0 Å². The summed E-state index contributed by atoms with van der Waals surface area (Å²) in [6.07, 6.45) is 7.04. The molecule has 1 aromatic heterocycles. The molecule has 0 aliphatic rings. The molecule has 0 unspecified atom stereocenters. The number of hydrogen-bond acceptors (Lipinski definition) is 1. The summed E-state index contributed by atoms with van der Waals surface area (Å²) in [5.41, 5.74) is 1.69. The first-order valence-corrected chi connectivity index (χ1v) is 4.28. The fourth-order valence-corrected chi connectivity index (χ4v) is 1.57. The van der Waals surface area contributed by atoms with E-state index >= 15 is 0 Å². The number of nitrogens with zero attached hydrogens (tertiary/aromatic N) is 2. The lowest BCUT2D eigenvalue weighted by atomic mass is 10.2. The Kier molecular flexibility index (Phi) is 1.97. The molecular formula is C12H8N2. The number of terminal acetylenes is 1. The molecule has 0 atom stereocenters. The molecule has 1 heterocycles. The van der Waals surface area contributed by atoms with Crippen molar-refractivity contribution < 1.29 is 0 Å². The summed E-state index contributed by atoms with van der Waals surface area (Å²) >= 11 is 0. The zero-order valence-corrected chi connectivity index (χ0v) is 7.57. The molecule has 0 N–H and O–H groups in total. The first kappa shape index (κ1) is 8.41. The molecule has 14 heavy (non-hydrogen) atoms. The van der Waals surface area contributed by atoms with Crippen molar-refractivity contribution in [3.63, 3.8) is 0 Å². The minimum Gasteiger partial charge on any atom is -0.334 e. The van der Waals surface area contributed by atoms with Gasteiger partial charge in [-0.1, -0.05) is 24.1 Å². The number of hydrogen-bond donors (Lipinski definition) is 0. The van der Waals surface area contributed by atoms with Gasteiger partial charge in [0.05, 0.1) is 17.6 Å². The zero-order valence-electron chi connectivity index (χ0n) is 7.57. The van der Waals surface area contributed by atoms with Crippen molar-refractivity contribution in [3.8, 4) is 18.4 Å². The van der Waals surface area contributed by atoms with E-state index in [1.165, 1.54) is 0 Å². The van der Waals surface area contributed by atoms with Crippen LogP contribution in [0.3, 0.4) is 0 Å². The number of rotatable bonds is 1. The third-order valence-electron chi connectivity index (χ3n) is 2.17. The molecule has 0 bridgehead atoms. The SMILES string of the molecule is C#CCn1cc(C#N)c2ccccc21. The third-order valence-corrected chi connectivity index (χ3v) is 2.17. The molecular weight excluding hydrogens is 172 g/mol. The largest absolute Gasteiger partial charge is 0.334 e. The number of aromatic nitrogens is 1. The molecule has 0 aliphatic heterocycles. The van der Waals surface area contributed by atoms with Crippen LogP contribution in [-0.4, -0.2) is 4.57 Å². The summed E-state index contributed by atoms with van der Waals surface area (Å²) in [5.74, 6) is 2.57. The van der Waals surface area contributed by atoms with Crippen LogP contribution in [0.15, 0.2) is 30.5 Å². The highest BCUT2D eigenvalue weighted by molar-refractivity contribution is 5.86. The predicted molar refractivity (Wildman–Crippen MR) is 55.5 cm³/mol. The summed E-state index contributed by atoms with van der Waals surface area (Å²) in [6, 6.07) is 9.92. The van der Waals surface area contributed by atoms with Gasteiger partial charge < -0.3 is 4.57 Å². The topological polar surface area (TPSA) is 28.7 Å².